The van der Waals surface area contributed by atoms with Crippen LogP contribution in [0.25, 0.3) is 23.2 Å². The number of ether oxygens (including phenoxy) is 2. The molecule has 0 aliphatic carbocycles. The normalized spacial score (nSPS) is 11.1. The van der Waals surface area contributed by atoms with Crippen LogP contribution in [0.3, 0.4) is 0 Å². The second-order valence-corrected chi connectivity index (χ2v) is 7.06. The van der Waals surface area contributed by atoms with Crippen LogP contribution >= 0.6 is 11.6 Å². The number of hydrogen-bond donors (Lipinski definition) is 1. The van der Waals surface area contributed by atoms with E-state index in [1.54, 1.807) is 13.2 Å². The van der Waals surface area contributed by atoms with Crippen LogP contribution in [0.1, 0.15) is 16.8 Å². The van der Waals surface area contributed by atoms with Crippen molar-refractivity contribution in [2.75, 3.05) is 7.11 Å². The third kappa shape index (κ3) is 4.53. The lowest BCUT2D eigenvalue weighted by molar-refractivity contribution is 0.284. The van der Waals surface area contributed by atoms with Gasteiger partial charge in [-0.05, 0) is 53.6 Å². The summed E-state index contributed by atoms with van der Waals surface area (Å²) in [5.41, 5.74) is 3.42. The smallest absolute Gasteiger partial charge is 0.274 e. The first kappa shape index (κ1) is 19.7. The van der Waals surface area contributed by atoms with Gasteiger partial charge in [-0.25, -0.2) is 4.98 Å². The number of hydrogen-bond acceptors (Lipinski definition) is 4. The number of benzene rings is 3. The zero-order valence-corrected chi connectivity index (χ0v) is 17.0. The summed E-state index contributed by atoms with van der Waals surface area (Å²) in [6.45, 7) is 0.402. The number of fused-ring (bicyclic) bond motifs is 1. The molecule has 0 atom stereocenters. The molecule has 3 aromatic carbocycles. The Morgan fingerprint density at radius 2 is 1.80 bits per heavy atom. The van der Waals surface area contributed by atoms with Crippen molar-refractivity contribution >= 4 is 34.8 Å². The quantitative estimate of drug-likeness (QED) is 0.459. The van der Waals surface area contributed by atoms with Crippen LogP contribution in [0.15, 0.2) is 71.5 Å². The van der Waals surface area contributed by atoms with Crippen molar-refractivity contribution < 1.29 is 9.47 Å². The second kappa shape index (κ2) is 8.84. The topological polar surface area (TPSA) is 64.2 Å². The fourth-order valence-corrected chi connectivity index (χ4v) is 3.11. The average Bonchev–Trinajstić information content (AvgIpc) is 2.77. The third-order valence-electron chi connectivity index (χ3n) is 4.55. The highest BCUT2D eigenvalue weighted by molar-refractivity contribution is 6.30. The summed E-state index contributed by atoms with van der Waals surface area (Å²) in [7, 11) is 1.59. The van der Waals surface area contributed by atoms with Gasteiger partial charge in [0, 0.05) is 5.02 Å². The van der Waals surface area contributed by atoms with Crippen molar-refractivity contribution in [2.45, 2.75) is 6.61 Å². The highest BCUT2D eigenvalue weighted by atomic mass is 35.5. The van der Waals surface area contributed by atoms with Gasteiger partial charge in [0.25, 0.3) is 5.56 Å². The third-order valence-corrected chi connectivity index (χ3v) is 4.81. The summed E-state index contributed by atoms with van der Waals surface area (Å²) in [6.07, 6.45) is 3.51. The van der Waals surface area contributed by atoms with E-state index in [9.17, 15) is 4.79 Å². The van der Waals surface area contributed by atoms with Crippen LogP contribution in [0, 0.1) is 0 Å². The molecule has 0 saturated carbocycles. The lowest BCUT2D eigenvalue weighted by atomic mass is 10.1. The number of H-pyrrole nitrogens is 1. The van der Waals surface area contributed by atoms with Gasteiger partial charge in [-0.3, -0.25) is 4.79 Å². The molecule has 0 aliphatic heterocycles. The zero-order valence-electron chi connectivity index (χ0n) is 16.3. The van der Waals surface area contributed by atoms with E-state index in [0.717, 1.165) is 16.6 Å². The molecule has 0 fully saturated rings. The Kier molecular flexibility index (Phi) is 5.82. The van der Waals surface area contributed by atoms with Gasteiger partial charge in [-0.1, -0.05) is 48.0 Å². The van der Waals surface area contributed by atoms with Gasteiger partial charge in [-0.15, -0.1) is 0 Å². The van der Waals surface area contributed by atoms with Gasteiger partial charge in [0.2, 0.25) is 0 Å². The minimum Gasteiger partial charge on any atom is -0.493 e. The maximum atomic E-state index is 12.3. The van der Waals surface area contributed by atoms with Gasteiger partial charge < -0.3 is 14.5 Å². The monoisotopic (exact) mass is 418 g/mol. The standard InChI is InChI=1S/C24H19ClN2O3/c1-29-23-14-16(9-13-22(23)30-15-17-6-10-18(25)11-7-17)8-12-21-24(28)27-20-5-3-2-4-19(20)26-21/h2-14H,15H2,1H3,(H,27,28)/b12-8+. The minimum atomic E-state index is -0.236. The van der Waals surface area contributed by atoms with E-state index < -0.39 is 0 Å². The molecule has 6 heteroatoms. The number of nitrogens with one attached hydrogen (secondary N) is 1. The molecular formula is C24H19ClN2O3. The Labute approximate surface area is 178 Å². The van der Waals surface area contributed by atoms with E-state index in [-0.39, 0.29) is 5.56 Å². The molecule has 150 valence electrons. The van der Waals surface area contributed by atoms with Crippen molar-refractivity contribution in [3.05, 3.63) is 98.9 Å². The first-order valence-electron chi connectivity index (χ1n) is 9.35. The summed E-state index contributed by atoms with van der Waals surface area (Å²) >= 11 is 5.91. The van der Waals surface area contributed by atoms with E-state index in [0.29, 0.717) is 34.3 Å². The predicted molar refractivity (Wildman–Crippen MR) is 120 cm³/mol. The molecule has 4 aromatic rings. The molecule has 0 bridgehead atoms. The van der Waals surface area contributed by atoms with Crippen molar-refractivity contribution in [3.8, 4) is 11.5 Å². The molecule has 1 heterocycles. The molecule has 1 N–H and O–H groups in total. The van der Waals surface area contributed by atoms with Crippen LogP contribution in [0.2, 0.25) is 5.02 Å². The van der Waals surface area contributed by atoms with Crippen LogP contribution in [-0.4, -0.2) is 17.1 Å². The molecule has 0 unspecified atom stereocenters. The van der Waals surface area contributed by atoms with Crippen LogP contribution < -0.4 is 15.0 Å². The van der Waals surface area contributed by atoms with E-state index in [4.69, 9.17) is 21.1 Å². The van der Waals surface area contributed by atoms with Gasteiger partial charge in [0.1, 0.15) is 12.3 Å². The highest BCUT2D eigenvalue weighted by Crippen LogP contribution is 2.29. The molecule has 4 rings (SSSR count). The molecule has 0 aliphatic rings. The number of nitrogens with zero attached hydrogens (tertiary/aromatic N) is 1. The molecular weight excluding hydrogens is 400 g/mol. The summed E-state index contributed by atoms with van der Waals surface area (Å²) in [5, 5.41) is 0.687. The molecule has 5 nitrogen and oxygen atoms in total. The Balaban J connectivity index is 1.53. The summed E-state index contributed by atoms with van der Waals surface area (Å²) in [6, 6.07) is 20.5. The number of rotatable bonds is 6. The Morgan fingerprint density at radius 1 is 1.00 bits per heavy atom. The molecule has 0 amide bonds. The second-order valence-electron chi connectivity index (χ2n) is 6.63. The van der Waals surface area contributed by atoms with Gasteiger partial charge in [0.15, 0.2) is 11.5 Å². The van der Waals surface area contributed by atoms with Crippen LogP contribution in [0.5, 0.6) is 11.5 Å². The number of para-hydroxylation sites is 2. The van der Waals surface area contributed by atoms with Gasteiger partial charge in [-0.2, -0.15) is 0 Å². The fourth-order valence-electron chi connectivity index (χ4n) is 2.98. The number of halogens is 1. The highest BCUT2D eigenvalue weighted by Gasteiger charge is 2.06. The van der Waals surface area contributed by atoms with Crippen LogP contribution in [-0.2, 0) is 6.61 Å². The largest absolute Gasteiger partial charge is 0.493 e. The molecule has 0 spiro atoms. The predicted octanol–water partition coefficient (Wildman–Crippen LogP) is 5.33. The van der Waals surface area contributed by atoms with E-state index >= 15 is 0 Å². The maximum Gasteiger partial charge on any atom is 0.274 e. The molecule has 30 heavy (non-hydrogen) atoms. The first-order valence-corrected chi connectivity index (χ1v) is 9.72. The Bertz CT molecular complexity index is 1260. The lowest BCUT2D eigenvalue weighted by Gasteiger charge is -2.11. The minimum absolute atomic E-state index is 0.236. The van der Waals surface area contributed by atoms with Gasteiger partial charge >= 0.3 is 0 Å². The van der Waals surface area contributed by atoms with E-state index in [1.807, 2.05) is 72.8 Å². The SMILES string of the molecule is COc1cc(/C=C/c2nc3ccccc3[nH]c2=O)ccc1OCc1ccc(Cl)cc1. The summed E-state index contributed by atoms with van der Waals surface area (Å²) in [5.74, 6) is 1.23. The average molecular weight is 419 g/mol. The lowest BCUT2D eigenvalue weighted by Crippen LogP contribution is -2.11. The Morgan fingerprint density at radius 3 is 2.60 bits per heavy atom. The number of methoxy groups -OCH3 is 1. The van der Waals surface area contributed by atoms with Gasteiger partial charge in [0.05, 0.1) is 18.1 Å². The number of aromatic nitrogens is 2. The van der Waals surface area contributed by atoms with Crippen molar-refractivity contribution in [3.63, 3.8) is 0 Å². The van der Waals surface area contributed by atoms with E-state index in [1.165, 1.54) is 0 Å². The molecule has 0 radical (unpaired) electrons. The molecule has 0 saturated heterocycles. The summed E-state index contributed by atoms with van der Waals surface area (Å²) < 4.78 is 11.3. The fraction of sp³-hybridized carbons (Fsp3) is 0.0833. The first-order chi connectivity index (χ1) is 14.6. The Hall–Kier alpha value is -3.57. The van der Waals surface area contributed by atoms with Crippen molar-refractivity contribution in [2.24, 2.45) is 0 Å². The van der Waals surface area contributed by atoms with Crippen LogP contribution in [0.4, 0.5) is 0 Å². The van der Waals surface area contributed by atoms with Crippen molar-refractivity contribution in [1.82, 2.24) is 9.97 Å². The summed E-state index contributed by atoms with van der Waals surface area (Å²) in [4.78, 5) is 19.5. The van der Waals surface area contributed by atoms with E-state index in [2.05, 4.69) is 9.97 Å². The number of aromatic amines is 1. The zero-order chi connectivity index (χ0) is 20.9. The molecule has 1 aromatic heterocycles. The maximum absolute atomic E-state index is 12.3. The van der Waals surface area contributed by atoms with Crippen molar-refractivity contribution in [1.29, 1.82) is 0 Å².